The largest absolute Gasteiger partial charge is 0.321 e. The number of rotatable bonds is 4. The number of anilines is 1. The number of amides is 1. The highest BCUT2D eigenvalue weighted by atomic mass is 35.5. The smallest absolute Gasteiger partial charge is 0.255 e. The second-order valence-electron chi connectivity index (χ2n) is 5.78. The van der Waals surface area contributed by atoms with Gasteiger partial charge >= 0.3 is 0 Å². The molecule has 4 nitrogen and oxygen atoms in total. The highest BCUT2D eigenvalue weighted by Gasteiger charge is 2.14. The van der Waals surface area contributed by atoms with Gasteiger partial charge in [-0.15, -0.1) is 10.2 Å². The first kappa shape index (κ1) is 17.4. The summed E-state index contributed by atoms with van der Waals surface area (Å²) in [6.45, 7) is 0. The SMILES string of the molecule is O=C(Nc1ccccc1-c1nnc(-c2ccc(Cl)cc2)s1)c1ccccc1. The number of para-hydroxylation sites is 1. The van der Waals surface area contributed by atoms with Crippen LogP contribution >= 0.6 is 22.9 Å². The number of nitrogens with one attached hydrogen (secondary N) is 1. The number of benzene rings is 3. The van der Waals surface area contributed by atoms with E-state index in [1.54, 1.807) is 12.1 Å². The number of halogens is 1. The third kappa shape index (κ3) is 3.89. The third-order valence-electron chi connectivity index (χ3n) is 3.96. The monoisotopic (exact) mass is 391 g/mol. The standard InChI is InChI=1S/C21H14ClN3OS/c22-16-12-10-15(11-13-16)20-24-25-21(27-20)17-8-4-5-9-18(17)23-19(26)14-6-2-1-3-7-14/h1-13H,(H,23,26). The van der Waals surface area contributed by atoms with Gasteiger partial charge in [-0.1, -0.05) is 65.4 Å². The van der Waals surface area contributed by atoms with Gasteiger partial charge in [0.05, 0.1) is 5.69 Å². The minimum absolute atomic E-state index is 0.162. The molecule has 132 valence electrons. The Hall–Kier alpha value is -3.02. The summed E-state index contributed by atoms with van der Waals surface area (Å²) in [4.78, 5) is 12.5. The summed E-state index contributed by atoms with van der Waals surface area (Å²) in [5.41, 5.74) is 3.09. The second-order valence-corrected chi connectivity index (χ2v) is 7.20. The first-order chi connectivity index (χ1) is 13.2. The normalized spacial score (nSPS) is 10.6. The molecular weight excluding hydrogens is 378 g/mol. The van der Waals surface area contributed by atoms with Crippen LogP contribution in [0, 0.1) is 0 Å². The van der Waals surface area contributed by atoms with Gasteiger partial charge in [-0.3, -0.25) is 4.79 Å². The van der Waals surface area contributed by atoms with Gasteiger partial charge in [0, 0.05) is 21.7 Å². The van der Waals surface area contributed by atoms with Gasteiger partial charge in [0.2, 0.25) is 0 Å². The van der Waals surface area contributed by atoms with Crippen LogP contribution in [0.3, 0.4) is 0 Å². The fourth-order valence-corrected chi connectivity index (χ4v) is 3.62. The molecule has 27 heavy (non-hydrogen) atoms. The summed E-state index contributed by atoms with van der Waals surface area (Å²) < 4.78 is 0. The summed E-state index contributed by atoms with van der Waals surface area (Å²) in [7, 11) is 0. The van der Waals surface area contributed by atoms with Gasteiger partial charge < -0.3 is 5.32 Å². The molecule has 0 fully saturated rings. The molecule has 0 aliphatic rings. The van der Waals surface area contributed by atoms with Crippen LogP contribution in [0.5, 0.6) is 0 Å². The van der Waals surface area contributed by atoms with Crippen molar-refractivity contribution in [3.8, 4) is 21.1 Å². The van der Waals surface area contributed by atoms with E-state index in [1.165, 1.54) is 11.3 Å². The van der Waals surface area contributed by atoms with Crippen LogP contribution in [0.2, 0.25) is 5.02 Å². The first-order valence-electron chi connectivity index (χ1n) is 8.26. The van der Waals surface area contributed by atoms with E-state index in [2.05, 4.69) is 15.5 Å². The summed E-state index contributed by atoms with van der Waals surface area (Å²) in [5.74, 6) is -0.162. The van der Waals surface area contributed by atoms with Gasteiger partial charge in [0.15, 0.2) is 0 Å². The number of carbonyl (C=O) groups excluding carboxylic acids is 1. The molecule has 0 bridgehead atoms. The van der Waals surface area contributed by atoms with Crippen molar-refractivity contribution in [3.63, 3.8) is 0 Å². The lowest BCUT2D eigenvalue weighted by Crippen LogP contribution is -2.12. The van der Waals surface area contributed by atoms with E-state index >= 15 is 0 Å². The van der Waals surface area contributed by atoms with Crippen LogP contribution in [0.1, 0.15) is 10.4 Å². The molecule has 4 aromatic rings. The molecule has 1 heterocycles. The molecule has 0 saturated carbocycles. The Labute approximate surface area is 165 Å². The van der Waals surface area contributed by atoms with Gasteiger partial charge in [-0.05, 0) is 36.4 Å². The summed E-state index contributed by atoms with van der Waals surface area (Å²) in [6, 6.07) is 24.2. The van der Waals surface area contributed by atoms with Crippen molar-refractivity contribution in [1.29, 1.82) is 0 Å². The molecule has 1 aromatic heterocycles. The van der Waals surface area contributed by atoms with Crippen LogP contribution in [0.25, 0.3) is 21.1 Å². The molecule has 4 rings (SSSR count). The van der Waals surface area contributed by atoms with Crippen molar-refractivity contribution >= 4 is 34.5 Å². The maximum absolute atomic E-state index is 12.5. The molecule has 0 atom stereocenters. The van der Waals surface area contributed by atoms with E-state index in [1.807, 2.05) is 66.7 Å². The van der Waals surface area contributed by atoms with Crippen molar-refractivity contribution in [2.45, 2.75) is 0 Å². The quantitative estimate of drug-likeness (QED) is 0.480. The van der Waals surface area contributed by atoms with Crippen molar-refractivity contribution < 1.29 is 4.79 Å². The van der Waals surface area contributed by atoms with Crippen LogP contribution in [-0.2, 0) is 0 Å². The summed E-state index contributed by atoms with van der Waals surface area (Å²) >= 11 is 7.41. The van der Waals surface area contributed by atoms with Gasteiger partial charge in [0.25, 0.3) is 5.91 Å². The predicted molar refractivity (Wildman–Crippen MR) is 110 cm³/mol. The summed E-state index contributed by atoms with van der Waals surface area (Å²) in [5, 5.41) is 13.8. The predicted octanol–water partition coefficient (Wildman–Crippen LogP) is 5.78. The summed E-state index contributed by atoms with van der Waals surface area (Å²) in [6.07, 6.45) is 0. The highest BCUT2D eigenvalue weighted by molar-refractivity contribution is 7.18. The zero-order valence-corrected chi connectivity index (χ0v) is 15.7. The number of hydrogen-bond donors (Lipinski definition) is 1. The Morgan fingerprint density at radius 1 is 0.815 bits per heavy atom. The Bertz CT molecular complexity index is 1080. The minimum Gasteiger partial charge on any atom is -0.321 e. The van der Waals surface area contributed by atoms with Crippen molar-refractivity contribution in [3.05, 3.63) is 89.4 Å². The maximum Gasteiger partial charge on any atom is 0.255 e. The second kappa shape index (κ2) is 7.70. The molecular formula is C21H14ClN3OS. The van der Waals surface area contributed by atoms with Gasteiger partial charge in [-0.25, -0.2) is 0 Å². The van der Waals surface area contributed by atoms with Crippen LogP contribution in [-0.4, -0.2) is 16.1 Å². The minimum atomic E-state index is -0.162. The van der Waals surface area contributed by atoms with Crippen molar-refractivity contribution in [2.24, 2.45) is 0 Å². The molecule has 1 amide bonds. The zero-order valence-electron chi connectivity index (χ0n) is 14.1. The van der Waals surface area contributed by atoms with Gasteiger partial charge in [-0.2, -0.15) is 0 Å². The van der Waals surface area contributed by atoms with E-state index in [9.17, 15) is 4.79 Å². The number of carbonyl (C=O) groups is 1. The van der Waals surface area contributed by atoms with Gasteiger partial charge in [0.1, 0.15) is 10.0 Å². The fourth-order valence-electron chi connectivity index (χ4n) is 2.60. The molecule has 3 aromatic carbocycles. The maximum atomic E-state index is 12.5. The van der Waals surface area contributed by atoms with E-state index in [0.29, 0.717) is 16.3 Å². The van der Waals surface area contributed by atoms with E-state index < -0.39 is 0 Å². The molecule has 1 N–H and O–H groups in total. The van der Waals surface area contributed by atoms with E-state index in [-0.39, 0.29) is 5.91 Å². The molecule has 0 radical (unpaired) electrons. The van der Waals surface area contributed by atoms with E-state index in [0.717, 1.165) is 21.1 Å². The Kier molecular flexibility index (Phi) is 4.96. The van der Waals surface area contributed by atoms with Crippen molar-refractivity contribution in [1.82, 2.24) is 10.2 Å². The lowest BCUT2D eigenvalue weighted by atomic mass is 10.1. The van der Waals surface area contributed by atoms with E-state index in [4.69, 9.17) is 11.6 Å². The molecule has 6 heteroatoms. The number of nitrogens with zero attached hydrogens (tertiary/aromatic N) is 2. The molecule has 0 unspecified atom stereocenters. The third-order valence-corrected chi connectivity index (χ3v) is 5.22. The number of aromatic nitrogens is 2. The first-order valence-corrected chi connectivity index (χ1v) is 9.45. The molecule has 0 saturated heterocycles. The lowest BCUT2D eigenvalue weighted by molar-refractivity contribution is 0.102. The molecule has 0 spiro atoms. The Morgan fingerprint density at radius 2 is 1.48 bits per heavy atom. The Balaban J connectivity index is 1.63. The topological polar surface area (TPSA) is 54.9 Å². The molecule has 0 aliphatic carbocycles. The zero-order chi connectivity index (χ0) is 18.6. The average molecular weight is 392 g/mol. The van der Waals surface area contributed by atoms with Crippen LogP contribution < -0.4 is 5.32 Å². The lowest BCUT2D eigenvalue weighted by Gasteiger charge is -2.09. The van der Waals surface area contributed by atoms with Crippen LogP contribution in [0.4, 0.5) is 5.69 Å². The Morgan fingerprint density at radius 3 is 2.26 bits per heavy atom. The van der Waals surface area contributed by atoms with Crippen molar-refractivity contribution in [2.75, 3.05) is 5.32 Å². The fraction of sp³-hybridized carbons (Fsp3) is 0. The van der Waals surface area contributed by atoms with Crippen LogP contribution in [0.15, 0.2) is 78.9 Å². The molecule has 0 aliphatic heterocycles. The average Bonchev–Trinajstić information content (AvgIpc) is 3.19. The highest BCUT2D eigenvalue weighted by Crippen LogP contribution is 2.34. The number of hydrogen-bond acceptors (Lipinski definition) is 4.